The SMILES string of the molecule is Cc1cnc(N)c(C(C)(O)CC2CCCCN2)c1. The molecule has 1 aromatic heterocycles. The number of nitrogens with two attached hydrogens (primary N) is 1. The van der Waals surface area contributed by atoms with Crippen molar-refractivity contribution in [3.63, 3.8) is 0 Å². The molecule has 1 aliphatic rings. The summed E-state index contributed by atoms with van der Waals surface area (Å²) in [6.07, 6.45) is 5.99. The first-order chi connectivity index (χ1) is 8.49. The van der Waals surface area contributed by atoms with Gasteiger partial charge in [-0.2, -0.15) is 0 Å². The van der Waals surface area contributed by atoms with Gasteiger partial charge in [0.15, 0.2) is 0 Å². The Bertz CT molecular complexity index is 412. The van der Waals surface area contributed by atoms with Gasteiger partial charge in [0.2, 0.25) is 0 Å². The maximum absolute atomic E-state index is 10.7. The van der Waals surface area contributed by atoms with E-state index in [1.807, 2.05) is 19.9 Å². The van der Waals surface area contributed by atoms with Gasteiger partial charge in [0.05, 0.1) is 5.60 Å². The van der Waals surface area contributed by atoms with Crippen molar-refractivity contribution in [2.24, 2.45) is 0 Å². The fraction of sp³-hybridized carbons (Fsp3) is 0.643. The summed E-state index contributed by atoms with van der Waals surface area (Å²) in [7, 11) is 0. The summed E-state index contributed by atoms with van der Waals surface area (Å²) in [5.41, 5.74) is 6.74. The molecule has 1 aliphatic heterocycles. The molecule has 0 bridgehead atoms. The number of aryl methyl sites for hydroxylation is 1. The van der Waals surface area contributed by atoms with Crippen LogP contribution >= 0.6 is 0 Å². The van der Waals surface area contributed by atoms with E-state index in [9.17, 15) is 5.11 Å². The number of aliphatic hydroxyl groups is 1. The van der Waals surface area contributed by atoms with E-state index in [0.717, 1.165) is 24.1 Å². The highest BCUT2D eigenvalue weighted by atomic mass is 16.3. The van der Waals surface area contributed by atoms with E-state index in [0.29, 0.717) is 18.3 Å². The Labute approximate surface area is 109 Å². The molecule has 0 aliphatic carbocycles. The number of pyridine rings is 1. The third-order valence-electron chi connectivity index (χ3n) is 3.69. The van der Waals surface area contributed by atoms with Crippen molar-refractivity contribution in [1.29, 1.82) is 0 Å². The summed E-state index contributed by atoms with van der Waals surface area (Å²) >= 11 is 0. The largest absolute Gasteiger partial charge is 0.385 e. The fourth-order valence-electron chi connectivity index (χ4n) is 2.70. The average molecular weight is 249 g/mol. The maximum Gasteiger partial charge on any atom is 0.129 e. The predicted molar refractivity (Wildman–Crippen MR) is 73.2 cm³/mol. The molecular weight excluding hydrogens is 226 g/mol. The van der Waals surface area contributed by atoms with Crippen LogP contribution in [-0.2, 0) is 5.60 Å². The smallest absolute Gasteiger partial charge is 0.129 e. The van der Waals surface area contributed by atoms with Crippen LogP contribution in [0.2, 0.25) is 0 Å². The third-order valence-corrected chi connectivity index (χ3v) is 3.69. The first-order valence-corrected chi connectivity index (χ1v) is 6.67. The van der Waals surface area contributed by atoms with Crippen molar-refractivity contribution < 1.29 is 5.11 Å². The zero-order valence-electron chi connectivity index (χ0n) is 11.2. The molecule has 1 aromatic rings. The maximum atomic E-state index is 10.7. The molecule has 2 rings (SSSR count). The van der Waals surface area contributed by atoms with Crippen LogP contribution in [-0.4, -0.2) is 22.7 Å². The zero-order valence-corrected chi connectivity index (χ0v) is 11.2. The molecule has 18 heavy (non-hydrogen) atoms. The minimum Gasteiger partial charge on any atom is -0.385 e. The number of aromatic nitrogens is 1. The van der Waals surface area contributed by atoms with Gasteiger partial charge in [-0.25, -0.2) is 4.98 Å². The number of nitrogen functional groups attached to an aromatic ring is 1. The van der Waals surface area contributed by atoms with E-state index in [2.05, 4.69) is 10.3 Å². The fourth-order valence-corrected chi connectivity index (χ4v) is 2.70. The van der Waals surface area contributed by atoms with Crippen LogP contribution in [0.3, 0.4) is 0 Å². The van der Waals surface area contributed by atoms with Crippen LogP contribution in [0.15, 0.2) is 12.3 Å². The highest BCUT2D eigenvalue weighted by Gasteiger charge is 2.30. The van der Waals surface area contributed by atoms with E-state index in [1.54, 1.807) is 6.20 Å². The molecule has 0 aromatic carbocycles. The molecule has 1 fully saturated rings. The van der Waals surface area contributed by atoms with Crippen LogP contribution in [0.5, 0.6) is 0 Å². The molecule has 4 nitrogen and oxygen atoms in total. The second-order valence-electron chi connectivity index (χ2n) is 5.57. The topological polar surface area (TPSA) is 71.2 Å². The van der Waals surface area contributed by atoms with Gasteiger partial charge in [-0.15, -0.1) is 0 Å². The van der Waals surface area contributed by atoms with E-state index in [-0.39, 0.29) is 0 Å². The van der Waals surface area contributed by atoms with Gasteiger partial charge in [0.25, 0.3) is 0 Å². The normalized spacial score (nSPS) is 23.6. The Morgan fingerprint density at radius 2 is 2.33 bits per heavy atom. The highest BCUT2D eigenvalue weighted by Crippen LogP contribution is 2.31. The summed E-state index contributed by atoms with van der Waals surface area (Å²) in [4.78, 5) is 4.14. The monoisotopic (exact) mass is 249 g/mol. The van der Waals surface area contributed by atoms with Crippen molar-refractivity contribution >= 4 is 5.82 Å². The predicted octanol–water partition coefficient (Wildman–Crippen LogP) is 1.71. The van der Waals surface area contributed by atoms with Crippen molar-refractivity contribution in [3.8, 4) is 0 Å². The van der Waals surface area contributed by atoms with Crippen molar-refractivity contribution in [2.75, 3.05) is 12.3 Å². The number of nitrogens with zero attached hydrogens (tertiary/aromatic N) is 1. The summed E-state index contributed by atoms with van der Waals surface area (Å²) in [5, 5.41) is 14.1. The van der Waals surface area contributed by atoms with E-state index in [1.165, 1.54) is 12.8 Å². The van der Waals surface area contributed by atoms with Gasteiger partial charge in [0.1, 0.15) is 5.82 Å². The van der Waals surface area contributed by atoms with Gasteiger partial charge in [-0.1, -0.05) is 6.42 Å². The molecule has 4 N–H and O–H groups in total. The lowest BCUT2D eigenvalue weighted by molar-refractivity contribution is 0.0336. The lowest BCUT2D eigenvalue weighted by atomic mass is 9.86. The molecule has 2 unspecified atom stereocenters. The Hall–Kier alpha value is -1.13. The molecular formula is C14H23N3O. The molecule has 0 radical (unpaired) electrons. The minimum atomic E-state index is -0.919. The Morgan fingerprint density at radius 3 is 3.00 bits per heavy atom. The Balaban J connectivity index is 2.15. The van der Waals surface area contributed by atoms with Gasteiger partial charge < -0.3 is 16.2 Å². The molecule has 2 atom stereocenters. The van der Waals surface area contributed by atoms with E-state index in [4.69, 9.17) is 5.73 Å². The van der Waals surface area contributed by atoms with Crippen LogP contribution in [0.1, 0.15) is 43.7 Å². The first-order valence-electron chi connectivity index (χ1n) is 6.67. The number of nitrogens with one attached hydrogen (secondary N) is 1. The lowest BCUT2D eigenvalue weighted by Crippen LogP contribution is -2.40. The third kappa shape index (κ3) is 3.00. The van der Waals surface area contributed by atoms with Crippen LogP contribution in [0.25, 0.3) is 0 Å². The molecule has 0 saturated carbocycles. The molecule has 0 amide bonds. The van der Waals surface area contributed by atoms with Crippen LogP contribution in [0, 0.1) is 6.92 Å². The molecule has 100 valence electrons. The molecule has 2 heterocycles. The van der Waals surface area contributed by atoms with Gasteiger partial charge in [-0.05, 0) is 51.3 Å². The molecule has 1 saturated heterocycles. The number of hydrogen-bond donors (Lipinski definition) is 3. The number of hydrogen-bond acceptors (Lipinski definition) is 4. The summed E-state index contributed by atoms with van der Waals surface area (Å²) < 4.78 is 0. The minimum absolute atomic E-state index is 0.369. The molecule has 0 spiro atoms. The molecule has 4 heteroatoms. The van der Waals surface area contributed by atoms with E-state index < -0.39 is 5.60 Å². The number of anilines is 1. The number of rotatable bonds is 3. The van der Waals surface area contributed by atoms with Crippen molar-refractivity contribution in [1.82, 2.24) is 10.3 Å². The van der Waals surface area contributed by atoms with Gasteiger partial charge in [0, 0.05) is 17.8 Å². The summed E-state index contributed by atoms with van der Waals surface area (Å²) in [6.45, 7) is 4.84. The average Bonchev–Trinajstić information content (AvgIpc) is 2.33. The summed E-state index contributed by atoms with van der Waals surface area (Å²) in [5.74, 6) is 0.432. The quantitative estimate of drug-likeness (QED) is 0.762. The van der Waals surface area contributed by atoms with Gasteiger partial charge in [-0.3, -0.25) is 0 Å². The number of piperidine rings is 1. The van der Waals surface area contributed by atoms with Crippen LogP contribution in [0.4, 0.5) is 5.82 Å². The van der Waals surface area contributed by atoms with Crippen LogP contribution < -0.4 is 11.1 Å². The second-order valence-corrected chi connectivity index (χ2v) is 5.57. The van der Waals surface area contributed by atoms with E-state index >= 15 is 0 Å². The first kappa shape index (κ1) is 13.3. The standard InChI is InChI=1S/C14H23N3O/c1-10-7-12(13(15)17-9-10)14(2,18)8-11-5-3-4-6-16-11/h7,9,11,16,18H,3-6,8H2,1-2H3,(H2,15,17). The second kappa shape index (κ2) is 5.24. The highest BCUT2D eigenvalue weighted by molar-refractivity contribution is 5.44. The Morgan fingerprint density at radius 1 is 1.56 bits per heavy atom. The van der Waals surface area contributed by atoms with Gasteiger partial charge >= 0.3 is 0 Å². The zero-order chi connectivity index (χ0) is 13.2. The lowest BCUT2D eigenvalue weighted by Gasteiger charge is -2.32. The van der Waals surface area contributed by atoms with Crippen molar-refractivity contribution in [3.05, 3.63) is 23.4 Å². The Kier molecular flexibility index (Phi) is 3.88. The summed E-state index contributed by atoms with van der Waals surface area (Å²) in [6, 6.07) is 2.30. The van der Waals surface area contributed by atoms with Crippen molar-refractivity contribution in [2.45, 2.75) is 51.2 Å².